The third-order valence-corrected chi connectivity index (χ3v) is 6.63. The average molecular weight is 498 g/mol. The number of anilines is 2. The van der Waals surface area contributed by atoms with E-state index in [1.807, 2.05) is 58.4 Å². The summed E-state index contributed by atoms with van der Waals surface area (Å²) in [4.78, 5) is 8.97. The molecule has 36 heavy (non-hydrogen) atoms. The van der Waals surface area contributed by atoms with Crippen molar-refractivity contribution in [3.63, 3.8) is 0 Å². The Kier molecular flexibility index (Phi) is 6.65. The quantitative estimate of drug-likeness (QED) is 0.321. The molecule has 0 aliphatic carbocycles. The Hall–Kier alpha value is -3.84. The SMILES string of the molecule is CC(C)Oc1ccc(N2C(=S)N[C@@H](c3ccccn3)[C@@H]2c2cccn2-c2ccc(N(C)C)cc2)cc1. The van der Waals surface area contributed by atoms with Crippen LogP contribution in [0.5, 0.6) is 5.75 Å². The highest BCUT2D eigenvalue weighted by Gasteiger charge is 2.42. The van der Waals surface area contributed by atoms with E-state index in [4.69, 9.17) is 17.0 Å². The van der Waals surface area contributed by atoms with Crippen LogP contribution in [-0.4, -0.2) is 34.9 Å². The van der Waals surface area contributed by atoms with E-state index in [0.29, 0.717) is 5.11 Å². The van der Waals surface area contributed by atoms with Crippen molar-refractivity contribution in [1.82, 2.24) is 14.9 Å². The molecule has 1 N–H and O–H groups in total. The van der Waals surface area contributed by atoms with Gasteiger partial charge in [-0.25, -0.2) is 0 Å². The van der Waals surface area contributed by atoms with Crippen LogP contribution in [0.1, 0.15) is 37.3 Å². The Bertz CT molecular complexity index is 1320. The predicted octanol–water partition coefficient (Wildman–Crippen LogP) is 5.90. The maximum absolute atomic E-state index is 5.90. The number of pyridine rings is 1. The summed E-state index contributed by atoms with van der Waals surface area (Å²) in [5, 5.41) is 4.22. The molecular weight excluding hydrogens is 466 g/mol. The maximum atomic E-state index is 5.90. The summed E-state index contributed by atoms with van der Waals surface area (Å²) in [7, 11) is 4.10. The van der Waals surface area contributed by atoms with Gasteiger partial charge in [0.05, 0.1) is 17.8 Å². The van der Waals surface area contributed by atoms with Crippen molar-refractivity contribution in [2.75, 3.05) is 23.9 Å². The summed E-state index contributed by atoms with van der Waals surface area (Å²) in [6.45, 7) is 4.06. The molecule has 0 bridgehead atoms. The van der Waals surface area contributed by atoms with Gasteiger partial charge in [0, 0.05) is 49.2 Å². The van der Waals surface area contributed by atoms with Crippen LogP contribution < -0.4 is 19.9 Å². The molecule has 7 heteroatoms. The molecular formula is C29H31N5OS. The Morgan fingerprint density at radius 3 is 2.28 bits per heavy atom. The Balaban J connectivity index is 1.58. The van der Waals surface area contributed by atoms with Crippen molar-refractivity contribution in [3.8, 4) is 11.4 Å². The molecule has 1 aliphatic heterocycles. The second-order valence-corrected chi connectivity index (χ2v) is 9.76. The molecule has 4 aromatic rings. The van der Waals surface area contributed by atoms with Crippen LogP contribution in [-0.2, 0) is 0 Å². The topological polar surface area (TPSA) is 45.6 Å². The lowest BCUT2D eigenvalue weighted by Gasteiger charge is -2.29. The van der Waals surface area contributed by atoms with Crippen LogP contribution in [0, 0.1) is 0 Å². The van der Waals surface area contributed by atoms with E-state index in [0.717, 1.165) is 34.2 Å². The molecule has 0 unspecified atom stereocenters. The van der Waals surface area contributed by atoms with Crippen LogP contribution >= 0.6 is 12.2 Å². The first-order valence-corrected chi connectivity index (χ1v) is 12.6. The fraction of sp³-hybridized carbons (Fsp3) is 0.241. The summed E-state index contributed by atoms with van der Waals surface area (Å²) >= 11 is 5.90. The van der Waals surface area contributed by atoms with Gasteiger partial charge in [-0.2, -0.15) is 0 Å². The van der Waals surface area contributed by atoms with Crippen molar-refractivity contribution in [3.05, 3.63) is 103 Å². The van der Waals surface area contributed by atoms with Crippen LogP contribution in [0.2, 0.25) is 0 Å². The van der Waals surface area contributed by atoms with E-state index in [1.165, 1.54) is 0 Å². The number of hydrogen-bond acceptors (Lipinski definition) is 4. The van der Waals surface area contributed by atoms with Crippen LogP contribution in [0.15, 0.2) is 91.3 Å². The van der Waals surface area contributed by atoms with Crippen molar-refractivity contribution >= 4 is 28.7 Å². The first kappa shape index (κ1) is 23.9. The number of ether oxygens (including phenoxy) is 1. The Morgan fingerprint density at radius 1 is 0.917 bits per heavy atom. The number of nitrogens with zero attached hydrogens (tertiary/aromatic N) is 4. The molecule has 0 saturated carbocycles. The molecule has 2 aromatic carbocycles. The minimum atomic E-state index is -0.111. The predicted molar refractivity (Wildman–Crippen MR) is 150 cm³/mol. The summed E-state index contributed by atoms with van der Waals surface area (Å²) in [6, 6.07) is 26.8. The second kappa shape index (κ2) is 10.0. The summed E-state index contributed by atoms with van der Waals surface area (Å²) in [6.07, 6.45) is 4.06. The van der Waals surface area contributed by atoms with Gasteiger partial charge in [-0.05, 0) is 98.9 Å². The molecule has 1 fully saturated rings. The molecule has 2 atom stereocenters. The van der Waals surface area contributed by atoms with Gasteiger partial charge in [-0.3, -0.25) is 4.98 Å². The van der Waals surface area contributed by atoms with E-state index in [9.17, 15) is 0 Å². The molecule has 5 rings (SSSR count). The van der Waals surface area contributed by atoms with E-state index < -0.39 is 0 Å². The first-order valence-electron chi connectivity index (χ1n) is 12.1. The zero-order valence-corrected chi connectivity index (χ0v) is 21.8. The normalized spacial score (nSPS) is 17.4. The molecule has 1 saturated heterocycles. The Morgan fingerprint density at radius 2 is 1.64 bits per heavy atom. The van der Waals surface area contributed by atoms with Gasteiger partial charge in [-0.15, -0.1) is 0 Å². The largest absolute Gasteiger partial charge is 0.491 e. The van der Waals surface area contributed by atoms with Crippen molar-refractivity contribution in [1.29, 1.82) is 0 Å². The summed E-state index contributed by atoms with van der Waals surface area (Å²) in [5.74, 6) is 0.842. The van der Waals surface area contributed by atoms with Gasteiger partial charge in [0.2, 0.25) is 0 Å². The van der Waals surface area contributed by atoms with Crippen LogP contribution in [0.25, 0.3) is 5.69 Å². The highest BCUT2D eigenvalue weighted by molar-refractivity contribution is 7.80. The molecule has 0 radical (unpaired) electrons. The second-order valence-electron chi connectivity index (χ2n) is 9.37. The first-order chi connectivity index (χ1) is 17.4. The van der Waals surface area contributed by atoms with Crippen LogP contribution in [0.4, 0.5) is 11.4 Å². The molecule has 184 valence electrons. The zero-order chi connectivity index (χ0) is 25.2. The van der Waals surface area contributed by atoms with Gasteiger partial charge in [-0.1, -0.05) is 6.07 Å². The van der Waals surface area contributed by atoms with Gasteiger partial charge in [0.1, 0.15) is 11.8 Å². The van der Waals surface area contributed by atoms with Gasteiger partial charge >= 0.3 is 0 Å². The number of aromatic nitrogens is 2. The smallest absolute Gasteiger partial charge is 0.174 e. The number of nitrogens with one attached hydrogen (secondary N) is 1. The molecule has 2 aromatic heterocycles. The molecule has 0 amide bonds. The minimum Gasteiger partial charge on any atom is -0.491 e. The lowest BCUT2D eigenvalue weighted by atomic mass is 10.0. The lowest BCUT2D eigenvalue weighted by Crippen LogP contribution is -2.30. The van der Waals surface area contributed by atoms with Gasteiger partial charge < -0.3 is 24.4 Å². The van der Waals surface area contributed by atoms with Gasteiger partial charge in [0.15, 0.2) is 5.11 Å². The van der Waals surface area contributed by atoms with Crippen molar-refractivity contribution in [2.24, 2.45) is 0 Å². The number of rotatable bonds is 7. The van der Waals surface area contributed by atoms with E-state index in [2.05, 4.69) is 85.5 Å². The fourth-order valence-corrected chi connectivity index (χ4v) is 5.02. The number of benzene rings is 2. The molecule has 6 nitrogen and oxygen atoms in total. The lowest BCUT2D eigenvalue weighted by molar-refractivity contribution is 0.242. The third-order valence-electron chi connectivity index (χ3n) is 6.31. The van der Waals surface area contributed by atoms with E-state index in [-0.39, 0.29) is 18.2 Å². The van der Waals surface area contributed by atoms with E-state index >= 15 is 0 Å². The fourth-order valence-electron chi connectivity index (χ4n) is 4.67. The average Bonchev–Trinajstić information content (AvgIpc) is 3.49. The molecule has 1 aliphatic rings. The minimum absolute atomic E-state index is 0.104. The molecule has 0 spiro atoms. The maximum Gasteiger partial charge on any atom is 0.174 e. The van der Waals surface area contributed by atoms with Crippen molar-refractivity contribution < 1.29 is 4.74 Å². The van der Waals surface area contributed by atoms with Crippen molar-refractivity contribution in [2.45, 2.75) is 32.0 Å². The monoisotopic (exact) mass is 497 g/mol. The number of thiocarbonyl (C=S) groups is 1. The van der Waals surface area contributed by atoms with E-state index in [1.54, 1.807) is 0 Å². The Labute approximate surface area is 218 Å². The summed E-state index contributed by atoms with van der Waals surface area (Å²) < 4.78 is 8.10. The standard InChI is InChI=1S/C29H31N5OS/c1-20(2)35-24-16-14-23(15-17-24)34-28(27(31-29(34)36)25-8-5-6-18-30-25)26-9-7-19-33(26)22-12-10-21(11-13-22)32(3)4/h5-20,27-28H,1-4H3,(H,31,36)/t27-,28-/m0/s1. The summed E-state index contributed by atoms with van der Waals surface area (Å²) in [5.41, 5.74) is 5.33. The highest BCUT2D eigenvalue weighted by atomic mass is 32.1. The third kappa shape index (κ3) is 4.66. The number of hydrogen-bond donors (Lipinski definition) is 1. The van der Waals surface area contributed by atoms with Crippen LogP contribution in [0.3, 0.4) is 0 Å². The van der Waals surface area contributed by atoms with Gasteiger partial charge in [0.25, 0.3) is 0 Å². The molecule has 3 heterocycles. The highest BCUT2D eigenvalue weighted by Crippen LogP contribution is 2.42. The zero-order valence-electron chi connectivity index (χ0n) is 21.0.